The van der Waals surface area contributed by atoms with Gasteiger partial charge in [-0.15, -0.1) is 0 Å². The molecule has 202 valence electrons. The molecular weight excluding hydrogens is 483 g/mol. The number of carbonyl (C=O) groups is 1. The van der Waals surface area contributed by atoms with Crippen molar-refractivity contribution in [2.24, 2.45) is 5.92 Å². The zero-order valence-electron chi connectivity index (χ0n) is 23.6. The summed E-state index contributed by atoms with van der Waals surface area (Å²) in [5.41, 5.74) is 5.96. The van der Waals surface area contributed by atoms with Gasteiger partial charge in [-0.2, -0.15) is 5.10 Å². The van der Waals surface area contributed by atoms with Crippen LogP contribution in [0.4, 0.5) is 10.5 Å². The second-order valence-electron chi connectivity index (χ2n) is 11.3. The van der Waals surface area contributed by atoms with Crippen molar-refractivity contribution in [1.29, 1.82) is 0 Å². The number of amides is 2. The van der Waals surface area contributed by atoms with Gasteiger partial charge in [-0.1, -0.05) is 26.8 Å². The lowest BCUT2D eigenvalue weighted by Crippen LogP contribution is -2.41. The van der Waals surface area contributed by atoms with E-state index in [1.165, 1.54) is 47.0 Å². The van der Waals surface area contributed by atoms with Crippen LogP contribution in [0, 0.1) is 5.92 Å². The van der Waals surface area contributed by atoms with E-state index in [1.807, 2.05) is 30.8 Å². The number of carbonyl (C=O) groups excluding carboxylic acids is 1. The van der Waals surface area contributed by atoms with Crippen LogP contribution in [0.25, 0.3) is 0 Å². The van der Waals surface area contributed by atoms with E-state index >= 15 is 0 Å². The van der Waals surface area contributed by atoms with Crippen molar-refractivity contribution in [2.75, 3.05) is 5.32 Å². The van der Waals surface area contributed by atoms with Gasteiger partial charge in [-0.05, 0) is 107 Å². The number of anilines is 1. The molecule has 1 fully saturated rings. The lowest BCUT2D eigenvalue weighted by Gasteiger charge is -2.32. The summed E-state index contributed by atoms with van der Waals surface area (Å²) < 4.78 is 17.1. The number of aryl methyl sites for hydroxylation is 2. The largest absolute Gasteiger partial charge is 0.458 e. The Bertz CT molecular complexity index is 1070. The molecule has 9 heteroatoms. The fraction of sp³-hybridized carbons (Fsp3) is 0.643. The fourth-order valence-electron chi connectivity index (χ4n) is 5.49. The van der Waals surface area contributed by atoms with E-state index in [9.17, 15) is 4.79 Å². The average Bonchev–Trinajstić information content (AvgIpc) is 3.61. The second kappa shape index (κ2) is 11.4. The number of nitrogens with zero attached hydrogens (tertiary/aromatic N) is 2. The molecule has 1 unspecified atom stereocenters. The first kappa shape index (κ1) is 28.1. The van der Waals surface area contributed by atoms with E-state index < -0.39 is 0 Å². The Morgan fingerprint density at radius 2 is 1.68 bits per heavy atom. The molecule has 5 rings (SSSR count). The molecule has 2 amide bonds. The first-order valence-electron chi connectivity index (χ1n) is 13.9. The molecule has 2 aliphatic carbocycles. The molecule has 2 heterocycles. The lowest BCUT2D eigenvalue weighted by atomic mass is 9.78. The normalized spacial score (nSPS) is 19.6. The third-order valence-electron chi connectivity index (χ3n) is 7.97. The van der Waals surface area contributed by atoms with Crippen molar-refractivity contribution in [2.45, 2.75) is 116 Å². The summed E-state index contributed by atoms with van der Waals surface area (Å²) in [6.45, 7) is 15.3. The standard InChI is InChI=1S/C26H37BN4O3S.C2H6/c1-17(15-27-33-25(2,3)26(4,5)34-27)16-31-13-12-22(29-31)35-30-24(32)28-23-20-10-6-8-18(20)14-19-9-7-11-21(19)23;1-2/h12-14,17H,6-11,15-16H2,1-5H3,(H2,28,30,32);1-2H3. The van der Waals surface area contributed by atoms with Crippen LogP contribution in [0.5, 0.6) is 0 Å². The Balaban J connectivity index is 0.00000156. The lowest BCUT2D eigenvalue weighted by molar-refractivity contribution is 0.00578. The molecule has 2 aromatic rings. The van der Waals surface area contributed by atoms with Gasteiger partial charge in [0.1, 0.15) is 5.03 Å². The topological polar surface area (TPSA) is 77.4 Å². The van der Waals surface area contributed by atoms with Crippen LogP contribution in [-0.4, -0.2) is 34.1 Å². The quantitative estimate of drug-likeness (QED) is 0.321. The second-order valence-corrected chi connectivity index (χ2v) is 12.1. The van der Waals surface area contributed by atoms with Crippen LogP contribution in [0.1, 0.15) is 83.6 Å². The van der Waals surface area contributed by atoms with Crippen molar-refractivity contribution in [3.05, 3.63) is 40.6 Å². The van der Waals surface area contributed by atoms with Gasteiger partial charge in [0.2, 0.25) is 0 Å². The van der Waals surface area contributed by atoms with Crippen LogP contribution in [-0.2, 0) is 41.5 Å². The van der Waals surface area contributed by atoms with Gasteiger partial charge in [0.05, 0.1) is 11.2 Å². The maximum atomic E-state index is 12.8. The highest BCUT2D eigenvalue weighted by Crippen LogP contribution is 2.39. The van der Waals surface area contributed by atoms with Crippen molar-refractivity contribution < 1.29 is 14.1 Å². The van der Waals surface area contributed by atoms with Gasteiger partial charge < -0.3 is 14.6 Å². The number of urea groups is 1. The Labute approximate surface area is 227 Å². The van der Waals surface area contributed by atoms with Crippen molar-refractivity contribution in [3.63, 3.8) is 0 Å². The maximum Gasteiger partial charge on any atom is 0.458 e. The predicted molar refractivity (Wildman–Crippen MR) is 152 cm³/mol. The third kappa shape index (κ3) is 6.20. The molecule has 2 N–H and O–H groups in total. The van der Waals surface area contributed by atoms with E-state index in [1.54, 1.807) is 0 Å². The summed E-state index contributed by atoms with van der Waals surface area (Å²) in [6.07, 6.45) is 9.47. The van der Waals surface area contributed by atoms with E-state index in [4.69, 9.17) is 9.31 Å². The van der Waals surface area contributed by atoms with E-state index in [0.29, 0.717) is 5.92 Å². The summed E-state index contributed by atoms with van der Waals surface area (Å²) in [6, 6.07) is 4.13. The average molecular weight is 527 g/mol. The Hall–Kier alpha value is -1.97. The monoisotopic (exact) mass is 526 g/mol. The molecule has 7 nitrogen and oxygen atoms in total. The molecule has 1 aromatic heterocycles. The molecule has 37 heavy (non-hydrogen) atoms. The Morgan fingerprint density at radius 1 is 1.08 bits per heavy atom. The van der Waals surface area contributed by atoms with Crippen molar-refractivity contribution >= 4 is 30.8 Å². The Morgan fingerprint density at radius 3 is 2.27 bits per heavy atom. The number of hydrogen-bond donors (Lipinski definition) is 2. The molecule has 1 saturated heterocycles. The highest BCUT2D eigenvalue weighted by Gasteiger charge is 2.51. The zero-order valence-corrected chi connectivity index (χ0v) is 24.4. The highest BCUT2D eigenvalue weighted by atomic mass is 32.2. The SMILES string of the molecule is CC.CC(CB1OC(C)(C)C(C)(C)O1)Cn1ccc(SNC(=O)Nc2c3c(cc4c2CCC4)CCC3)n1. The van der Waals surface area contributed by atoms with Gasteiger partial charge in [0.15, 0.2) is 0 Å². The number of nitrogens with one attached hydrogen (secondary N) is 2. The third-order valence-corrected chi connectivity index (χ3v) is 8.69. The summed E-state index contributed by atoms with van der Waals surface area (Å²) >= 11 is 1.25. The first-order chi connectivity index (χ1) is 17.6. The number of hydrogen-bond acceptors (Lipinski definition) is 5. The molecule has 0 bridgehead atoms. The number of aromatic nitrogens is 2. The number of benzene rings is 1. The van der Waals surface area contributed by atoms with Crippen LogP contribution in [0.2, 0.25) is 6.32 Å². The maximum absolute atomic E-state index is 12.8. The van der Waals surface area contributed by atoms with Gasteiger partial charge in [-0.3, -0.25) is 9.40 Å². The zero-order chi connectivity index (χ0) is 26.8. The molecule has 0 radical (unpaired) electrons. The molecule has 1 atom stereocenters. The Kier molecular flexibility index (Phi) is 8.66. The predicted octanol–water partition coefficient (Wildman–Crippen LogP) is 6.44. The highest BCUT2D eigenvalue weighted by molar-refractivity contribution is 7.97. The minimum atomic E-state index is -0.307. The van der Waals surface area contributed by atoms with E-state index in [-0.39, 0.29) is 24.4 Å². The van der Waals surface area contributed by atoms with E-state index in [2.05, 4.69) is 55.8 Å². The molecule has 0 saturated carbocycles. The van der Waals surface area contributed by atoms with Crippen LogP contribution in [0.3, 0.4) is 0 Å². The van der Waals surface area contributed by atoms with Crippen LogP contribution in [0.15, 0.2) is 23.4 Å². The van der Waals surface area contributed by atoms with Gasteiger partial charge >= 0.3 is 13.1 Å². The van der Waals surface area contributed by atoms with Crippen LogP contribution >= 0.6 is 11.9 Å². The number of fused-ring (bicyclic) bond motifs is 2. The first-order valence-corrected chi connectivity index (χ1v) is 14.7. The van der Waals surface area contributed by atoms with Gasteiger partial charge in [0.25, 0.3) is 0 Å². The van der Waals surface area contributed by atoms with Crippen LogP contribution < -0.4 is 10.0 Å². The van der Waals surface area contributed by atoms with Gasteiger partial charge in [-0.25, -0.2) is 4.79 Å². The van der Waals surface area contributed by atoms with E-state index in [0.717, 1.165) is 49.3 Å². The van der Waals surface area contributed by atoms with Gasteiger partial charge in [0, 0.05) is 30.4 Å². The minimum Gasteiger partial charge on any atom is -0.403 e. The molecule has 0 spiro atoms. The number of rotatable bonds is 7. The molecule has 3 aliphatic rings. The summed E-state index contributed by atoms with van der Waals surface area (Å²) in [5.74, 6) is 0.334. The van der Waals surface area contributed by atoms with Crippen molar-refractivity contribution in [3.8, 4) is 0 Å². The fourth-order valence-corrected chi connectivity index (χ4v) is 6.01. The minimum absolute atomic E-state index is 0.187. The van der Waals surface area contributed by atoms with Crippen molar-refractivity contribution in [1.82, 2.24) is 14.5 Å². The molecular formula is C28H43BN4O3S. The molecule has 1 aliphatic heterocycles. The summed E-state index contributed by atoms with van der Waals surface area (Å²) in [7, 11) is -0.203. The molecule has 1 aromatic carbocycles. The smallest absolute Gasteiger partial charge is 0.403 e. The summed E-state index contributed by atoms with van der Waals surface area (Å²) in [4.78, 5) is 12.8. The summed E-state index contributed by atoms with van der Waals surface area (Å²) in [5, 5.41) is 8.57.